The van der Waals surface area contributed by atoms with Crippen molar-refractivity contribution in [1.29, 1.82) is 0 Å². The number of nitrogens with zero attached hydrogens (tertiary/aromatic N) is 1. The quantitative estimate of drug-likeness (QED) is 0.684. The van der Waals surface area contributed by atoms with Crippen LogP contribution in [0.15, 0.2) is 65.1 Å². The first-order valence-electron chi connectivity index (χ1n) is 10.00. The molecule has 0 atom stereocenters. The highest BCUT2D eigenvalue weighted by atomic mass is 32.2. The van der Waals surface area contributed by atoms with E-state index in [1.165, 1.54) is 29.8 Å². The Bertz CT molecular complexity index is 978. The van der Waals surface area contributed by atoms with Crippen LogP contribution in [0.5, 0.6) is 0 Å². The lowest BCUT2D eigenvalue weighted by molar-refractivity contribution is 0.0954. The van der Waals surface area contributed by atoms with Crippen LogP contribution in [0.1, 0.15) is 48.0 Å². The lowest BCUT2D eigenvalue weighted by atomic mass is 9.97. The third kappa shape index (κ3) is 5.26. The highest BCUT2D eigenvalue weighted by molar-refractivity contribution is 7.92. The van der Waals surface area contributed by atoms with Gasteiger partial charge in [-0.05, 0) is 75.4 Å². The van der Waals surface area contributed by atoms with Crippen LogP contribution in [-0.2, 0) is 10.0 Å². The zero-order valence-electron chi connectivity index (χ0n) is 17.0. The van der Waals surface area contributed by atoms with Gasteiger partial charge in [-0.2, -0.15) is 0 Å². The van der Waals surface area contributed by atoms with E-state index in [2.05, 4.69) is 11.4 Å². The third-order valence-electron chi connectivity index (χ3n) is 5.29. The van der Waals surface area contributed by atoms with Gasteiger partial charge in [-0.15, -0.1) is 0 Å². The van der Waals surface area contributed by atoms with Crippen LogP contribution in [0.2, 0.25) is 0 Å². The van der Waals surface area contributed by atoms with Crippen molar-refractivity contribution in [3.05, 3.63) is 71.3 Å². The lowest BCUT2D eigenvalue weighted by Crippen LogP contribution is -2.27. The van der Waals surface area contributed by atoms with E-state index in [9.17, 15) is 13.2 Å². The molecule has 0 saturated heterocycles. The molecule has 0 radical (unpaired) electrons. The molecule has 0 aliphatic heterocycles. The van der Waals surface area contributed by atoms with Gasteiger partial charge in [0.2, 0.25) is 0 Å². The predicted octanol–water partition coefficient (Wildman–Crippen LogP) is 4.44. The van der Waals surface area contributed by atoms with Crippen molar-refractivity contribution in [2.75, 3.05) is 17.9 Å². The number of allylic oxidation sites excluding steroid dienone is 1. The first-order chi connectivity index (χ1) is 13.9. The van der Waals surface area contributed by atoms with Crippen LogP contribution in [0.3, 0.4) is 0 Å². The van der Waals surface area contributed by atoms with E-state index < -0.39 is 10.0 Å². The fourth-order valence-electron chi connectivity index (χ4n) is 3.40. The van der Waals surface area contributed by atoms with Crippen molar-refractivity contribution in [1.82, 2.24) is 5.32 Å². The molecule has 2 aromatic rings. The van der Waals surface area contributed by atoms with E-state index in [1.54, 1.807) is 48.5 Å². The monoisotopic (exact) mass is 412 g/mol. The summed E-state index contributed by atoms with van der Waals surface area (Å²) >= 11 is 0. The minimum absolute atomic E-state index is 0.142. The first kappa shape index (κ1) is 21.1. The summed E-state index contributed by atoms with van der Waals surface area (Å²) in [4.78, 5) is 12.6. The van der Waals surface area contributed by atoms with Crippen molar-refractivity contribution in [2.45, 2.75) is 43.9 Å². The van der Waals surface area contributed by atoms with Crippen LogP contribution in [0.25, 0.3) is 0 Å². The molecule has 3 rings (SSSR count). The summed E-state index contributed by atoms with van der Waals surface area (Å²) in [5.74, 6) is -0.142. The summed E-state index contributed by atoms with van der Waals surface area (Å²) < 4.78 is 26.8. The highest BCUT2D eigenvalue weighted by Gasteiger charge is 2.21. The maximum atomic E-state index is 12.8. The summed E-state index contributed by atoms with van der Waals surface area (Å²) in [6.45, 7) is 2.53. The average molecular weight is 413 g/mol. The largest absolute Gasteiger partial charge is 0.352 e. The van der Waals surface area contributed by atoms with Gasteiger partial charge in [0, 0.05) is 19.2 Å². The van der Waals surface area contributed by atoms with Crippen LogP contribution in [-0.4, -0.2) is 27.9 Å². The summed E-state index contributed by atoms with van der Waals surface area (Å²) in [6.07, 6.45) is 7.95. The third-order valence-corrected chi connectivity index (χ3v) is 7.09. The standard InChI is InChI=1S/C23H28N2O3S/c1-18-8-14-22(15-9-18)29(27,28)25(2)21-12-10-20(11-13-21)23(26)24-17-16-19-6-4-3-5-7-19/h6,8-15H,3-5,7,16-17H2,1-2H3,(H,24,26). The number of hydrogen-bond acceptors (Lipinski definition) is 3. The molecular formula is C23H28N2O3S. The highest BCUT2D eigenvalue weighted by Crippen LogP contribution is 2.23. The molecular weight excluding hydrogens is 384 g/mol. The number of carbonyl (C=O) groups is 1. The molecule has 29 heavy (non-hydrogen) atoms. The Hall–Kier alpha value is -2.60. The smallest absolute Gasteiger partial charge is 0.264 e. The van der Waals surface area contributed by atoms with Gasteiger partial charge in [0.1, 0.15) is 0 Å². The van der Waals surface area contributed by atoms with Crippen molar-refractivity contribution < 1.29 is 13.2 Å². The molecule has 1 amide bonds. The van der Waals surface area contributed by atoms with E-state index in [1.807, 2.05) is 6.92 Å². The number of nitrogens with one attached hydrogen (secondary N) is 1. The molecule has 0 saturated carbocycles. The zero-order valence-corrected chi connectivity index (χ0v) is 17.8. The predicted molar refractivity (Wildman–Crippen MR) is 117 cm³/mol. The van der Waals surface area contributed by atoms with Crippen LogP contribution < -0.4 is 9.62 Å². The second-order valence-corrected chi connectivity index (χ2v) is 9.42. The number of rotatable bonds is 7. The molecule has 0 unspecified atom stereocenters. The van der Waals surface area contributed by atoms with Gasteiger partial charge >= 0.3 is 0 Å². The Labute approximate surface area is 173 Å². The topological polar surface area (TPSA) is 66.5 Å². The van der Waals surface area contributed by atoms with Crippen molar-refractivity contribution >= 4 is 21.6 Å². The summed E-state index contributed by atoms with van der Waals surface area (Å²) in [5, 5.41) is 2.94. The number of anilines is 1. The zero-order chi connectivity index (χ0) is 20.9. The fraction of sp³-hybridized carbons (Fsp3) is 0.348. The Kier molecular flexibility index (Phi) is 6.75. The second kappa shape index (κ2) is 9.27. The molecule has 1 aliphatic carbocycles. The molecule has 0 spiro atoms. The second-order valence-electron chi connectivity index (χ2n) is 7.45. The van der Waals surface area contributed by atoms with Gasteiger partial charge < -0.3 is 5.32 Å². The van der Waals surface area contributed by atoms with Crippen LogP contribution in [0.4, 0.5) is 5.69 Å². The minimum Gasteiger partial charge on any atom is -0.352 e. The van der Waals surface area contributed by atoms with Gasteiger partial charge in [-0.1, -0.05) is 29.3 Å². The number of aryl methyl sites for hydroxylation is 1. The van der Waals surface area contributed by atoms with E-state index in [0.29, 0.717) is 17.8 Å². The number of benzene rings is 2. The number of sulfonamides is 1. The Morgan fingerprint density at radius 1 is 1.03 bits per heavy atom. The molecule has 6 heteroatoms. The van der Waals surface area contributed by atoms with Crippen molar-refractivity contribution in [2.24, 2.45) is 0 Å². The van der Waals surface area contributed by atoms with Gasteiger partial charge in [0.15, 0.2) is 0 Å². The maximum absolute atomic E-state index is 12.8. The Balaban J connectivity index is 1.62. The van der Waals surface area contributed by atoms with Crippen LogP contribution in [0, 0.1) is 6.92 Å². The molecule has 0 aromatic heterocycles. The Morgan fingerprint density at radius 2 is 1.72 bits per heavy atom. The van der Waals surface area contributed by atoms with Gasteiger partial charge in [0.05, 0.1) is 10.6 Å². The fourth-order valence-corrected chi connectivity index (χ4v) is 4.60. The summed E-state index contributed by atoms with van der Waals surface area (Å²) in [6, 6.07) is 13.4. The van der Waals surface area contributed by atoms with Crippen LogP contribution >= 0.6 is 0 Å². The van der Waals surface area contributed by atoms with E-state index in [-0.39, 0.29) is 10.8 Å². The van der Waals surface area contributed by atoms with Gasteiger partial charge in [-0.25, -0.2) is 8.42 Å². The van der Waals surface area contributed by atoms with Crippen molar-refractivity contribution in [3.8, 4) is 0 Å². The average Bonchev–Trinajstić information content (AvgIpc) is 2.74. The minimum atomic E-state index is -3.64. The molecule has 1 aliphatic rings. The van der Waals surface area contributed by atoms with E-state index in [0.717, 1.165) is 24.8 Å². The number of carbonyl (C=O) groups excluding carboxylic acids is 1. The molecule has 154 valence electrons. The Morgan fingerprint density at radius 3 is 2.34 bits per heavy atom. The van der Waals surface area contributed by atoms with E-state index >= 15 is 0 Å². The summed E-state index contributed by atoms with van der Waals surface area (Å²) in [7, 11) is -2.13. The normalized spacial score (nSPS) is 14.2. The molecule has 5 nitrogen and oxygen atoms in total. The molecule has 0 heterocycles. The van der Waals surface area contributed by atoms with E-state index in [4.69, 9.17) is 0 Å². The molecule has 0 bridgehead atoms. The molecule has 0 fully saturated rings. The maximum Gasteiger partial charge on any atom is 0.264 e. The van der Waals surface area contributed by atoms with Crippen molar-refractivity contribution in [3.63, 3.8) is 0 Å². The molecule has 1 N–H and O–H groups in total. The first-order valence-corrected chi connectivity index (χ1v) is 11.4. The SMILES string of the molecule is Cc1ccc(S(=O)(=O)N(C)c2ccc(C(=O)NCCC3=CCCCC3)cc2)cc1. The van der Waals surface area contributed by atoms with Gasteiger partial charge in [0.25, 0.3) is 15.9 Å². The lowest BCUT2D eigenvalue weighted by Gasteiger charge is -2.20. The summed E-state index contributed by atoms with van der Waals surface area (Å²) in [5.41, 5.74) is 3.46. The van der Waals surface area contributed by atoms with Gasteiger partial charge in [-0.3, -0.25) is 9.10 Å². The number of hydrogen-bond donors (Lipinski definition) is 1. The molecule has 2 aromatic carbocycles. The number of amides is 1.